The van der Waals surface area contributed by atoms with E-state index in [2.05, 4.69) is 0 Å². The second-order valence-corrected chi connectivity index (χ2v) is 24.6. The Morgan fingerprint density at radius 2 is 0.800 bits per heavy atom. The van der Waals surface area contributed by atoms with Crippen LogP contribution in [0.2, 0.25) is 0 Å². The van der Waals surface area contributed by atoms with E-state index in [-0.39, 0.29) is 22.8 Å². The molecule has 17 heteroatoms. The summed E-state index contributed by atoms with van der Waals surface area (Å²) in [5.74, 6) is -1.89. The van der Waals surface area contributed by atoms with Crippen molar-refractivity contribution in [1.82, 2.24) is 0 Å². The topological polar surface area (TPSA) is 92.8 Å². The second kappa shape index (κ2) is 13.9. The zero-order valence-corrected chi connectivity index (χ0v) is 35.0. The molecule has 0 aromatic heterocycles. The molecule has 6 rings (SSSR count). The fourth-order valence-corrected chi connectivity index (χ4v) is 21.4. The van der Waals surface area contributed by atoms with Crippen molar-refractivity contribution in [1.29, 1.82) is 0 Å². The number of fused-ring (bicyclic) bond motifs is 3. The predicted octanol–water partition coefficient (Wildman–Crippen LogP) is 9.80. The van der Waals surface area contributed by atoms with Crippen LogP contribution in [0.15, 0.2) is 72.8 Å². The molecule has 0 bridgehead atoms. The average Bonchev–Trinajstić information content (AvgIpc) is 3.52. The second-order valence-electron chi connectivity index (χ2n) is 14.6. The van der Waals surface area contributed by atoms with Gasteiger partial charge in [0, 0.05) is 0 Å². The van der Waals surface area contributed by atoms with Crippen molar-refractivity contribution in [2.24, 2.45) is 0 Å². The molecule has 2 aliphatic rings. The van der Waals surface area contributed by atoms with Crippen LogP contribution in [0.3, 0.4) is 0 Å². The molecule has 0 unspecified atom stereocenters. The van der Waals surface area contributed by atoms with Gasteiger partial charge in [-0.15, -0.1) is 0 Å². The van der Waals surface area contributed by atoms with Crippen LogP contribution in [0.1, 0.15) is 112 Å². The van der Waals surface area contributed by atoms with Crippen molar-refractivity contribution >= 4 is 73.4 Å². The van der Waals surface area contributed by atoms with Gasteiger partial charge in [0.1, 0.15) is 0 Å². The summed E-state index contributed by atoms with van der Waals surface area (Å²) in [6.45, 7) is 14.0. The average molecular weight is 926 g/mol. The molecule has 0 radical (unpaired) electrons. The molecule has 0 atom stereocenters. The maximum atomic E-state index is 14.8. The number of halogens is 6. The molecule has 4 aromatic rings. The van der Waals surface area contributed by atoms with E-state index in [1.54, 1.807) is 128 Å². The minimum absolute atomic E-state index is 0.00335. The summed E-state index contributed by atoms with van der Waals surface area (Å²) in [7, 11) is -13.8. The fourth-order valence-electron chi connectivity index (χ4n) is 7.10. The predicted molar refractivity (Wildman–Crippen MR) is 199 cm³/mol. The van der Waals surface area contributed by atoms with Crippen molar-refractivity contribution in [2.45, 2.75) is 90.1 Å². The standard InChI is InChI=1S/C38H40F6N2O6S2Te/c1-21(2)26-15-11-16-27(22(3)4)33(26)45-35-30-19-9-13-25-14-10-20-31(32(25)30)36(35)46(34-28(23(5)6)17-12-18-29(34)24(7)8)55(45,51-53(47,48)37(39,40)41)52-54(49,50)38(42,43)44/h9-24H,1-8H3/q+2. The Morgan fingerprint density at radius 3 is 1.07 bits per heavy atom. The van der Waals surface area contributed by atoms with Crippen LogP contribution in [-0.2, 0) is 25.3 Å². The SMILES string of the molecule is CC(C)c1cccc(C(C)C)c1[N+]1=C2C(=[N+](c3c(C(C)C)cccc3C(C)C)[Te]1(OS(=O)(=O)C(F)(F)F)OS(=O)(=O)C(F)(F)F)c1cccc3cccc2c13. The number of benzene rings is 4. The number of nitrogens with zero attached hydrogens (tertiary/aromatic N) is 2. The van der Waals surface area contributed by atoms with Crippen LogP contribution in [-0.4, -0.2) is 64.5 Å². The van der Waals surface area contributed by atoms with E-state index in [4.69, 9.17) is 5.09 Å². The van der Waals surface area contributed by atoms with Gasteiger partial charge in [-0.05, 0) is 0 Å². The summed E-state index contributed by atoms with van der Waals surface area (Å²) in [6, 6.07) is 19.9. The van der Waals surface area contributed by atoms with Crippen LogP contribution in [0, 0.1) is 0 Å². The Hall–Kier alpha value is -3.33. The van der Waals surface area contributed by atoms with Gasteiger partial charge in [0.25, 0.3) is 0 Å². The summed E-state index contributed by atoms with van der Waals surface area (Å²) in [6.07, 6.45) is 0. The number of para-hydroxylation sites is 2. The maximum absolute atomic E-state index is 14.8. The van der Waals surface area contributed by atoms with Crippen LogP contribution in [0.25, 0.3) is 10.8 Å². The number of rotatable bonds is 10. The van der Waals surface area contributed by atoms with E-state index in [0.29, 0.717) is 44.2 Å². The molecule has 0 spiro atoms. The van der Waals surface area contributed by atoms with Gasteiger partial charge in [-0.25, -0.2) is 0 Å². The Kier molecular flexibility index (Phi) is 10.5. The first-order valence-electron chi connectivity index (χ1n) is 17.4. The number of alkyl halides is 6. The zero-order chi connectivity index (χ0) is 40.8. The quantitative estimate of drug-likeness (QED) is 0.0894. The summed E-state index contributed by atoms with van der Waals surface area (Å²) in [5, 5.41) is 1.23. The van der Waals surface area contributed by atoms with Gasteiger partial charge in [0.2, 0.25) is 0 Å². The molecular formula is C38H40F6N2O6S2Te+2. The third-order valence-corrected chi connectivity index (χ3v) is 22.2. The van der Waals surface area contributed by atoms with Crippen LogP contribution >= 0.6 is 0 Å². The fraction of sp³-hybridized carbons (Fsp3) is 0.368. The Bertz CT molecular complexity index is 2300. The number of hydrogen-bond acceptors (Lipinski definition) is 6. The van der Waals surface area contributed by atoms with Gasteiger partial charge in [-0.2, -0.15) is 0 Å². The first-order chi connectivity index (χ1) is 25.4. The van der Waals surface area contributed by atoms with E-state index in [0.717, 1.165) is 5.65 Å². The molecule has 8 nitrogen and oxygen atoms in total. The first kappa shape index (κ1) is 41.3. The molecule has 0 saturated carbocycles. The van der Waals surface area contributed by atoms with Gasteiger partial charge < -0.3 is 0 Å². The molecule has 55 heavy (non-hydrogen) atoms. The minimum atomic E-state index is -7.50. The van der Waals surface area contributed by atoms with E-state index < -0.39 is 74.5 Å². The Labute approximate surface area is 321 Å². The molecule has 4 aromatic carbocycles. The molecule has 1 aliphatic heterocycles. The summed E-state index contributed by atoms with van der Waals surface area (Å²) in [4.78, 5) is 0. The summed E-state index contributed by atoms with van der Waals surface area (Å²) < 4.78 is 156. The Balaban J connectivity index is 2.03. The van der Waals surface area contributed by atoms with Crippen molar-refractivity contribution in [3.8, 4) is 0 Å². The third kappa shape index (κ3) is 6.62. The van der Waals surface area contributed by atoms with Gasteiger partial charge in [-0.3, -0.25) is 0 Å². The number of hydrogen-bond donors (Lipinski definition) is 0. The van der Waals surface area contributed by atoms with E-state index in [9.17, 15) is 43.2 Å². The zero-order valence-electron chi connectivity index (χ0n) is 31.1. The molecule has 296 valence electrons. The van der Waals surface area contributed by atoms with E-state index in [1.165, 1.54) is 0 Å². The summed E-state index contributed by atoms with van der Waals surface area (Å²) >= 11 is -7.50. The van der Waals surface area contributed by atoms with Gasteiger partial charge in [-0.1, -0.05) is 0 Å². The third-order valence-electron chi connectivity index (χ3n) is 9.52. The van der Waals surface area contributed by atoms with E-state index in [1.807, 2.05) is 0 Å². The normalized spacial score (nSPS) is 16.8. The summed E-state index contributed by atoms with van der Waals surface area (Å²) in [5.41, 5.74) is -10.4. The van der Waals surface area contributed by atoms with Crippen molar-refractivity contribution in [3.05, 3.63) is 106 Å². The van der Waals surface area contributed by atoms with Crippen molar-refractivity contribution < 1.29 is 53.9 Å². The van der Waals surface area contributed by atoms with Crippen LogP contribution in [0.4, 0.5) is 37.7 Å². The monoisotopic (exact) mass is 928 g/mol. The van der Waals surface area contributed by atoms with Gasteiger partial charge in [0.15, 0.2) is 0 Å². The molecule has 1 aliphatic carbocycles. The molecule has 1 heterocycles. The van der Waals surface area contributed by atoms with E-state index >= 15 is 0 Å². The van der Waals surface area contributed by atoms with Gasteiger partial charge >= 0.3 is 324 Å². The van der Waals surface area contributed by atoms with Crippen molar-refractivity contribution in [2.75, 3.05) is 0 Å². The molecule has 0 fully saturated rings. The molecule has 0 saturated heterocycles. The van der Waals surface area contributed by atoms with Gasteiger partial charge in [0.05, 0.1) is 0 Å². The van der Waals surface area contributed by atoms with Crippen molar-refractivity contribution in [3.63, 3.8) is 0 Å². The van der Waals surface area contributed by atoms with Crippen LogP contribution < -0.4 is 0 Å². The van der Waals surface area contributed by atoms with Crippen LogP contribution in [0.5, 0.6) is 0 Å². The molecular weight excluding hydrogens is 886 g/mol. The first-order valence-corrected chi connectivity index (χ1v) is 24.2. The Morgan fingerprint density at radius 1 is 0.509 bits per heavy atom. The molecule has 0 N–H and O–H groups in total. The molecule has 0 amide bonds.